The molecule has 9 heteroatoms. The minimum Gasteiger partial charge on any atom is -0.342 e. The lowest BCUT2D eigenvalue weighted by Crippen LogP contribution is -2.29. The van der Waals surface area contributed by atoms with Crippen LogP contribution in [0.25, 0.3) is 0 Å². The molecule has 3 aromatic rings. The third-order valence-corrected chi connectivity index (χ3v) is 6.08. The molecule has 0 saturated carbocycles. The van der Waals surface area contributed by atoms with Crippen LogP contribution in [0.1, 0.15) is 40.3 Å². The lowest BCUT2D eigenvalue weighted by atomic mass is 10.1. The van der Waals surface area contributed by atoms with Gasteiger partial charge in [0.25, 0.3) is 5.91 Å². The van der Waals surface area contributed by atoms with Crippen molar-refractivity contribution in [3.8, 4) is 0 Å². The Balaban J connectivity index is 1.68. The van der Waals surface area contributed by atoms with E-state index in [4.69, 9.17) is 11.6 Å². The Morgan fingerprint density at radius 3 is 2.73 bits per heavy atom. The van der Waals surface area contributed by atoms with Gasteiger partial charge < -0.3 is 15.2 Å². The summed E-state index contributed by atoms with van der Waals surface area (Å²) in [6.07, 6.45) is 1.72. The van der Waals surface area contributed by atoms with E-state index in [1.807, 2.05) is 49.6 Å². The second-order valence-corrected chi connectivity index (χ2v) is 8.98. The number of allylic oxidation sites excluding steroid dienone is 1. The molecule has 2 N–H and O–H groups in total. The van der Waals surface area contributed by atoms with Crippen molar-refractivity contribution in [2.75, 3.05) is 11.1 Å². The van der Waals surface area contributed by atoms with Crippen LogP contribution < -0.4 is 10.6 Å². The molecule has 3 rings (SSSR count). The summed E-state index contributed by atoms with van der Waals surface area (Å²) in [7, 11) is 0. The number of halogens is 1. The van der Waals surface area contributed by atoms with Gasteiger partial charge in [-0.1, -0.05) is 53.2 Å². The van der Waals surface area contributed by atoms with Gasteiger partial charge in [-0.15, -0.1) is 16.8 Å². The van der Waals surface area contributed by atoms with Crippen molar-refractivity contribution >= 4 is 40.9 Å². The van der Waals surface area contributed by atoms with E-state index >= 15 is 0 Å². The first-order chi connectivity index (χ1) is 15.8. The van der Waals surface area contributed by atoms with Gasteiger partial charge in [-0.2, -0.15) is 0 Å². The average Bonchev–Trinajstić information content (AvgIpc) is 3.18. The molecule has 1 aromatic heterocycles. The van der Waals surface area contributed by atoms with Gasteiger partial charge in [0.2, 0.25) is 5.91 Å². The Morgan fingerprint density at radius 1 is 1.21 bits per heavy atom. The van der Waals surface area contributed by atoms with Crippen LogP contribution in [0.2, 0.25) is 5.02 Å². The fraction of sp³-hybridized carbons (Fsp3) is 0.250. The molecular formula is C24H26ClN5O2S. The Kier molecular flexibility index (Phi) is 8.30. The smallest absolute Gasteiger partial charge is 0.251 e. The molecule has 0 bridgehead atoms. The number of aryl methyl sites for hydroxylation is 2. The van der Waals surface area contributed by atoms with Crippen molar-refractivity contribution in [1.82, 2.24) is 20.1 Å². The molecule has 0 saturated heterocycles. The lowest BCUT2D eigenvalue weighted by molar-refractivity contribution is -0.113. The molecule has 2 amide bonds. The number of benzene rings is 2. The number of carbonyl (C=O) groups excluding carboxylic acids is 2. The van der Waals surface area contributed by atoms with Gasteiger partial charge in [-0.05, 0) is 50.6 Å². The Labute approximate surface area is 202 Å². The average molecular weight is 484 g/mol. The molecule has 0 aliphatic heterocycles. The highest BCUT2D eigenvalue weighted by atomic mass is 35.5. The van der Waals surface area contributed by atoms with Crippen LogP contribution in [0.4, 0.5) is 5.69 Å². The largest absolute Gasteiger partial charge is 0.342 e. The van der Waals surface area contributed by atoms with Gasteiger partial charge in [0.15, 0.2) is 11.0 Å². The van der Waals surface area contributed by atoms with Crippen LogP contribution in [0, 0.1) is 13.8 Å². The van der Waals surface area contributed by atoms with Crippen molar-refractivity contribution in [3.63, 3.8) is 0 Å². The number of aromatic nitrogens is 3. The Morgan fingerprint density at radius 2 is 2.00 bits per heavy atom. The fourth-order valence-corrected chi connectivity index (χ4v) is 4.13. The van der Waals surface area contributed by atoms with Crippen molar-refractivity contribution in [2.24, 2.45) is 0 Å². The third kappa shape index (κ3) is 6.46. The number of hydrogen-bond acceptors (Lipinski definition) is 5. The normalized spacial score (nSPS) is 11.6. The van der Waals surface area contributed by atoms with Gasteiger partial charge in [-0.3, -0.25) is 9.59 Å². The Hall–Kier alpha value is -3.10. The molecule has 1 heterocycles. The zero-order chi connectivity index (χ0) is 24.0. The fourth-order valence-electron chi connectivity index (χ4n) is 3.20. The van der Waals surface area contributed by atoms with E-state index in [9.17, 15) is 9.59 Å². The summed E-state index contributed by atoms with van der Waals surface area (Å²) in [6, 6.07) is 12.3. The first kappa shape index (κ1) is 24.5. The van der Waals surface area contributed by atoms with E-state index in [1.54, 1.807) is 24.3 Å². The highest BCUT2D eigenvalue weighted by Crippen LogP contribution is 2.23. The van der Waals surface area contributed by atoms with Gasteiger partial charge >= 0.3 is 0 Å². The molecule has 33 heavy (non-hydrogen) atoms. The maximum absolute atomic E-state index is 12.6. The zero-order valence-electron chi connectivity index (χ0n) is 18.8. The van der Waals surface area contributed by atoms with E-state index < -0.39 is 0 Å². The SMILES string of the molecule is C=CCn1c(SCC(=O)Nc2cc(Cl)ccc2C)nnc1[C@@H](C)NC(=O)c1cccc(C)c1. The van der Waals surface area contributed by atoms with Crippen molar-refractivity contribution in [3.05, 3.63) is 82.7 Å². The quantitative estimate of drug-likeness (QED) is 0.332. The highest BCUT2D eigenvalue weighted by Gasteiger charge is 2.20. The molecule has 172 valence electrons. The van der Waals surface area contributed by atoms with Gasteiger partial charge in [0, 0.05) is 22.8 Å². The van der Waals surface area contributed by atoms with E-state index in [-0.39, 0.29) is 23.6 Å². The van der Waals surface area contributed by atoms with Gasteiger partial charge in [0.1, 0.15) is 0 Å². The van der Waals surface area contributed by atoms with Crippen molar-refractivity contribution in [2.45, 2.75) is 38.5 Å². The predicted octanol–water partition coefficient (Wildman–Crippen LogP) is 4.96. The molecule has 0 aliphatic carbocycles. The number of nitrogens with zero attached hydrogens (tertiary/aromatic N) is 3. The molecular weight excluding hydrogens is 458 g/mol. The minimum atomic E-state index is -0.386. The molecule has 0 aliphatic rings. The maximum Gasteiger partial charge on any atom is 0.251 e. The molecule has 0 spiro atoms. The number of anilines is 1. The number of thioether (sulfide) groups is 1. The van der Waals surface area contributed by atoms with E-state index in [1.165, 1.54) is 11.8 Å². The van der Waals surface area contributed by atoms with Crippen molar-refractivity contribution in [1.29, 1.82) is 0 Å². The Bertz CT molecular complexity index is 1180. The summed E-state index contributed by atoms with van der Waals surface area (Å²) in [5.74, 6) is 0.362. The highest BCUT2D eigenvalue weighted by molar-refractivity contribution is 7.99. The number of hydrogen-bond donors (Lipinski definition) is 2. The van der Waals surface area contributed by atoms with Crippen LogP contribution in [0.15, 0.2) is 60.3 Å². The third-order valence-electron chi connectivity index (χ3n) is 4.88. The van der Waals surface area contributed by atoms with Gasteiger partial charge in [-0.25, -0.2) is 0 Å². The monoisotopic (exact) mass is 483 g/mol. The molecule has 0 unspecified atom stereocenters. The first-order valence-corrected chi connectivity index (χ1v) is 11.7. The second-order valence-electron chi connectivity index (χ2n) is 7.60. The van der Waals surface area contributed by atoms with Crippen LogP contribution >= 0.6 is 23.4 Å². The van der Waals surface area contributed by atoms with E-state index in [0.717, 1.165) is 11.1 Å². The van der Waals surface area contributed by atoms with Crippen LogP contribution in [0.5, 0.6) is 0 Å². The van der Waals surface area contributed by atoms with Crippen LogP contribution in [-0.2, 0) is 11.3 Å². The first-order valence-electron chi connectivity index (χ1n) is 10.4. The predicted molar refractivity (Wildman–Crippen MR) is 133 cm³/mol. The van der Waals surface area contributed by atoms with Crippen LogP contribution in [-0.4, -0.2) is 32.3 Å². The summed E-state index contributed by atoms with van der Waals surface area (Å²) >= 11 is 7.29. The maximum atomic E-state index is 12.6. The standard InChI is InChI=1S/C24H26ClN5O2S/c1-5-11-30-22(17(4)26-23(32)18-8-6-7-15(2)12-18)28-29-24(30)33-14-21(31)27-20-13-19(25)10-9-16(20)3/h5-10,12-13,17H,1,11,14H2,2-4H3,(H,26,32)(H,27,31)/t17-/m1/s1. The summed E-state index contributed by atoms with van der Waals surface area (Å²) in [4.78, 5) is 25.1. The second kappa shape index (κ2) is 11.2. The molecule has 0 fully saturated rings. The number of amides is 2. The number of carbonyl (C=O) groups is 2. The summed E-state index contributed by atoms with van der Waals surface area (Å²) in [6.45, 7) is 9.94. The summed E-state index contributed by atoms with van der Waals surface area (Å²) in [5, 5.41) is 15.5. The molecule has 0 radical (unpaired) electrons. The van der Waals surface area contributed by atoms with E-state index in [0.29, 0.717) is 33.8 Å². The minimum absolute atomic E-state index is 0.144. The summed E-state index contributed by atoms with van der Waals surface area (Å²) in [5.41, 5.74) is 3.19. The molecule has 7 nitrogen and oxygen atoms in total. The van der Waals surface area contributed by atoms with E-state index in [2.05, 4.69) is 27.4 Å². The van der Waals surface area contributed by atoms with Gasteiger partial charge in [0.05, 0.1) is 11.8 Å². The topological polar surface area (TPSA) is 88.9 Å². The zero-order valence-corrected chi connectivity index (χ0v) is 20.3. The molecule has 1 atom stereocenters. The number of nitrogens with one attached hydrogen (secondary N) is 2. The number of rotatable bonds is 9. The lowest BCUT2D eigenvalue weighted by Gasteiger charge is -2.15. The molecule has 2 aromatic carbocycles. The summed E-state index contributed by atoms with van der Waals surface area (Å²) < 4.78 is 1.84. The van der Waals surface area contributed by atoms with Crippen LogP contribution in [0.3, 0.4) is 0 Å². The van der Waals surface area contributed by atoms with Crippen molar-refractivity contribution < 1.29 is 9.59 Å².